The lowest BCUT2D eigenvalue weighted by Gasteiger charge is -2.12. The maximum absolute atomic E-state index is 13.0. The summed E-state index contributed by atoms with van der Waals surface area (Å²) in [5.41, 5.74) is 10.2. The molecule has 0 aliphatic carbocycles. The number of aromatic amines is 1. The molecule has 5 rings (SSSR count). The maximum atomic E-state index is 13.0. The third kappa shape index (κ3) is 4.05. The molecule has 0 amide bonds. The van der Waals surface area contributed by atoms with Gasteiger partial charge in [0.1, 0.15) is 17.4 Å². The number of nitrogen functional groups attached to an aromatic ring is 1. The number of fused-ring (bicyclic) bond motifs is 1. The topological polar surface area (TPSA) is 116 Å². The van der Waals surface area contributed by atoms with E-state index in [1.54, 1.807) is 9.20 Å². The normalized spacial score (nSPS) is 11.3. The predicted octanol–water partition coefficient (Wildman–Crippen LogP) is 4.18. The van der Waals surface area contributed by atoms with Crippen LogP contribution in [0.1, 0.15) is 31.8 Å². The minimum absolute atomic E-state index is 0.243. The zero-order valence-corrected chi connectivity index (χ0v) is 19.9. The van der Waals surface area contributed by atoms with Crippen molar-refractivity contribution in [3.63, 3.8) is 0 Å². The molecule has 0 spiro atoms. The number of hydrogen-bond donors (Lipinski definition) is 2. The van der Waals surface area contributed by atoms with Gasteiger partial charge in [0.25, 0.3) is 5.56 Å². The summed E-state index contributed by atoms with van der Waals surface area (Å²) in [6, 6.07) is 17.2. The van der Waals surface area contributed by atoms with Gasteiger partial charge in [-0.15, -0.1) is 5.10 Å². The van der Waals surface area contributed by atoms with Gasteiger partial charge in [0.05, 0.1) is 29.2 Å². The molecule has 0 bridgehead atoms. The molecule has 0 atom stereocenters. The Kier molecular flexibility index (Phi) is 5.82. The molecule has 0 unspecified atom stereocenters. The highest BCUT2D eigenvalue weighted by molar-refractivity contribution is 5.74. The van der Waals surface area contributed by atoms with Gasteiger partial charge in [-0.25, -0.2) is 14.2 Å². The van der Waals surface area contributed by atoms with Gasteiger partial charge in [-0.1, -0.05) is 25.1 Å². The van der Waals surface area contributed by atoms with Gasteiger partial charge in [-0.3, -0.25) is 4.79 Å². The summed E-state index contributed by atoms with van der Waals surface area (Å²) < 4.78 is 9.23. The number of ether oxygens (including phenoxy) is 1. The van der Waals surface area contributed by atoms with E-state index in [0.29, 0.717) is 46.5 Å². The smallest absolute Gasteiger partial charge is 0.277 e. The van der Waals surface area contributed by atoms with Crippen LogP contribution in [0, 0.1) is 6.92 Å². The van der Waals surface area contributed by atoms with Crippen LogP contribution in [0.3, 0.4) is 0 Å². The van der Waals surface area contributed by atoms with Crippen molar-refractivity contribution in [2.75, 3.05) is 12.3 Å². The zero-order valence-electron chi connectivity index (χ0n) is 19.9. The van der Waals surface area contributed by atoms with Crippen LogP contribution in [-0.4, -0.2) is 36.0 Å². The van der Waals surface area contributed by atoms with Crippen molar-refractivity contribution in [2.24, 2.45) is 0 Å². The Morgan fingerprint density at radius 3 is 2.60 bits per heavy atom. The van der Waals surface area contributed by atoms with Crippen molar-refractivity contribution in [3.05, 3.63) is 76.5 Å². The molecule has 3 aromatic heterocycles. The summed E-state index contributed by atoms with van der Waals surface area (Å²) in [6.07, 6.45) is 1.62. The second-order valence-electron chi connectivity index (χ2n) is 8.27. The quantitative estimate of drug-likeness (QED) is 0.369. The van der Waals surface area contributed by atoms with Gasteiger partial charge < -0.3 is 15.5 Å². The highest BCUT2D eigenvalue weighted by Crippen LogP contribution is 2.33. The van der Waals surface area contributed by atoms with E-state index in [2.05, 4.69) is 16.9 Å². The molecule has 0 fully saturated rings. The van der Waals surface area contributed by atoms with E-state index in [1.165, 1.54) is 0 Å². The van der Waals surface area contributed by atoms with Crippen LogP contribution in [0.5, 0.6) is 5.75 Å². The Hall–Kier alpha value is -4.40. The summed E-state index contributed by atoms with van der Waals surface area (Å²) in [6.45, 7) is 6.28. The number of hydrogen-bond acceptors (Lipinski definition) is 6. The van der Waals surface area contributed by atoms with Gasteiger partial charge in [0, 0.05) is 18.1 Å². The molecule has 5 aromatic rings. The van der Waals surface area contributed by atoms with Crippen LogP contribution in [-0.2, 0) is 6.42 Å². The molecule has 3 N–H and O–H groups in total. The van der Waals surface area contributed by atoms with Crippen LogP contribution < -0.4 is 16.0 Å². The first kappa shape index (κ1) is 22.4. The van der Waals surface area contributed by atoms with Crippen molar-refractivity contribution < 1.29 is 4.74 Å². The molecule has 35 heavy (non-hydrogen) atoms. The van der Waals surface area contributed by atoms with Crippen molar-refractivity contribution >= 4 is 11.3 Å². The van der Waals surface area contributed by atoms with Gasteiger partial charge >= 0.3 is 0 Å². The number of aromatic nitrogens is 6. The fourth-order valence-corrected chi connectivity index (χ4v) is 4.21. The summed E-state index contributed by atoms with van der Waals surface area (Å²) in [5, 5.41) is 9.48. The van der Waals surface area contributed by atoms with E-state index < -0.39 is 0 Å². The number of rotatable bonds is 7. The third-order valence-corrected chi connectivity index (χ3v) is 5.78. The number of para-hydroxylation sites is 1. The zero-order chi connectivity index (χ0) is 24.5. The summed E-state index contributed by atoms with van der Waals surface area (Å²) in [5.74, 6) is 2.30. The molecule has 0 saturated heterocycles. The van der Waals surface area contributed by atoms with Gasteiger partial charge in [0.15, 0.2) is 11.3 Å². The number of nitrogens with zero attached hydrogens (tertiary/aromatic N) is 5. The average Bonchev–Trinajstić information content (AvgIpc) is 3.40. The highest BCUT2D eigenvalue weighted by Gasteiger charge is 2.18. The van der Waals surface area contributed by atoms with E-state index in [9.17, 15) is 4.79 Å². The summed E-state index contributed by atoms with van der Waals surface area (Å²) in [4.78, 5) is 20.5. The predicted molar refractivity (Wildman–Crippen MR) is 136 cm³/mol. The fraction of sp³-hybridized carbons (Fsp3) is 0.231. The second-order valence-corrected chi connectivity index (χ2v) is 8.27. The Bertz CT molecular complexity index is 1560. The van der Waals surface area contributed by atoms with Crippen molar-refractivity contribution in [3.8, 4) is 34.1 Å². The first-order valence-electron chi connectivity index (χ1n) is 11.7. The average molecular weight is 470 g/mol. The van der Waals surface area contributed by atoms with E-state index in [0.717, 1.165) is 29.9 Å². The molecule has 9 heteroatoms. The molecule has 0 aliphatic rings. The van der Waals surface area contributed by atoms with Gasteiger partial charge in [-0.05, 0) is 50.6 Å². The fourth-order valence-electron chi connectivity index (χ4n) is 4.21. The van der Waals surface area contributed by atoms with E-state index in [1.807, 2.05) is 68.4 Å². The van der Waals surface area contributed by atoms with E-state index >= 15 is 0 Å². The Morgan fingerprint density at radius 2 is 1.86 bits per heavy atom. The van der Waals surface area contributed by atoms with Gasteiger partial charge in [-0.2, -0.15) is 5.10 Å². The summed E-state index contributed by atoms with van der Waals surface area (Å²) >= 11 is 0. The maximum Gasteiger partial charge on any atom is 0.277 e. The minimum Gasteiger partial charge on any atom is -0.493 e. The van der Waals surface area contributed by atoms with Crippen LogP contribution in [0.15, 0.2) is 59.4 Å². The van der Waals surface area contributed by atoms with Crippen molar-refractivity contribution in [1.82, 2.24) is 29.4 Å². The number of H-pyrrole nitrogens is 1. The molecular formula is C26H27N7O2. The first-order chi connectivity index (χ1) is 17.0. The largest absolute Gasteiger partial charge is 0.493 e. The lowest BCUT2D eigenvalue weighted by molar-refractivity contribution is 0.341. The Balaban J connectivity index is 1.66. The van der Waals surface area contributed by atoms with Crippen LogP contribution in [0.4, 0.5) is 5.82 Å². The van der Waals surface area contributed by atoms with Crippen molar-refractivity contribution in [2.45, 2.75) is 33.6 Å². The molecule has 0 radical (unpaired) electrons. The standard InChI is InChI=1S/C26H27N7O2/c1-4-9-23-28-16(3)24-26(34)29-25(31-33(23)24)19-14-17(12-13-21(19)35-5-2)20-15-22(27)32(30-20)18-10-7-6-8-11-18/h6-8,10-15H,4-5,9,27H2,1-3H3,(H,29,31,34). The number of nitrogens with one attached hydrogen (secondary N) is 1. The molecule has 3 heterocycles. The van der Waals surface area contributed by atoms with Gasteiger partial charge in [0.2, 0.25) is 0 Å². The highest BCUT2D eigenvalue weighted by atomic mass is 16.5. The Morgan fingerprint density at radius 1 is 1.06 bits per heavy atom. The molecule has 0 saturated carbocycles. The minimum atomic E-state index is -0.243. The van der Waals surface area contributed by atoms with E-state index in [-0.39, 0.29) is 5.56 Å². The number of benzene rings is 2. The van der Waals surface area contributed by atoms with E-state index in [4.69, 9.17) is 20.7 Å². The summed E-state index contributed by atoms with van der Waals surface area (Å²) in [7, 11) is 0. The molecule has 178 valence electrons. The SMILES string of the molecule is CCCc1nc(C)c2c(=O)[nH]c(-c3cc(-c4cc(N)n(-c5ccccc5)n4)ccc3OCC)nn12. The third-order valence-electron chi connectivity index (χ3n) is 5.78. The van der Waals surface area contributed by atoms with Crippen LogP contribution in [0.25, 0.3) is 33.8 Å². The number of anilines is 1. The lowest BCUT2D eigenvalue weighted by Crippen LogP contribution is -2.16. The number of imidazole rings is 1. The van der Waals surface area contributed by atoms with Crippen LogP contribution >= 0.6 is 0 Å². The Labute approximate surface area is 202 Å². The number of nitrogens with two attached hydrogens (primary N) is 1. The molecule has 2 aromatic carbocycles. The second kappa shape index (κ2) is 9.09. The van der Waals surface area contributed by atoms with Crippen molar-refractivity contribution in [1.29, 1.82) is 0 Å². The van der Waals surface area contributed by atoms with Crippen LogP contribution in [0.2, 0.25) is 0 Å². The molecular weight excluding hydrogens is 442 g/mol. The lowest BCUT2D eigenvalue weighted by atomic mass is 10.1. The first-order valence-corrected chi connectivity index (χ1v) is 11.7. The molecule has 0 aliphatic heterocycles. The molecule has 9 nitrogen and oxygen atoms in total. The monoisotopic (exact) mass is 469 g/mol. The number of aryl methyl sites for hydroxylation is 2.